The van der Waals surface area contributed by atoms with Gasteiger partial charge < -0.3 is 5.11 Å². The van der Waals surface area contributed by atoms with E-state index in [1.807, 2.05) is 25.1 Å². The zero-order valence-electron chi connectivity index (χ0n) is 11.7. The maximum Gasteiger partial charge on any atom is 0.0831 e. The van der Waals surface area contributed by atoms with Gasteiger partial charge in [-0.3, -0.25) is 0 Å². The second-order valence-corrected chi connectivity index (χ2v) is 6.10. The lowest BCUT2D eigenvalue weighted by molar-refractivity contribution is 0.178. The van der Waals surface area contributed by atoms with Gasteiger partial charge in [-0.05, 0) is 60.1 Å². The van der Waals surface area contributed by atoms with Crippen molar-refractivity contribution in [1.82, 2.24) is 0 Å². The van der Waals surface area contributed by atoms with E-state index in [9.17, 15) is 5.11 Å². The molecule has 3 rings (SSSR count). The average Bonchev–Trinajstić information content (AvgIpc) is 2.89. The molecule has 20 heavy (non-hydrogen) atoms. The highest BCUT2D eigenvalue weighted by atomic mass is 35.5. The van der Waals surface area contributed by atoms with Gasteiger partial charge in [0.1, 0.15) is 0 Å². The van der Waals surface area contributed by atoms with Crippen molar-refractivity contribution in [3.63, 3.8) is 0 Å². The Labute approximate surface area is 125 Å². The molecule has 1 nitrogen and oxygen atoms in total. The fourth-order valence-corrected chi connectivity index (χ4v) is 3.26. The molecule has 0 heterocycles. The topological polar surface area (TPSA) is 20.2 Å². The van der Waals surface area contributed by atoms with Gasteiger partial charge in [0, 0.05) is 11.4 Å². The molecule has 2 aromatic carbocycles. The Morgan fingerprint density at radius 3 is 2.70 bits per heavy atom. The van der Waals surface area contributed by atoms with E-state index in [0.717, 1.165) is 28.1 Å². The van der Waals surface area contributed by atoms with Crippen LogP contribution in [0.15, 0.2) is 36.4 Å². The molecule has 104 valence electrons. The normalized spacial score (nSPS) is 15.2. The Bertz CT molecular complexity index is 633. The first-order valence-corrected chi connectivity index (χ1v) is 7.56. The van der Waals surface area contributed by atoms with E-state index < -0.39 is 6.10 Å². The lowest BCUT2D eigenvalue weighted by atomic mass is 9.97. The predicted octanol–water partition coefficient (Wildman–Crippen LogP) is 4.41. The van der Waals surface area contributed by atoms with Gasteiger partial charge in [-0.2, -0.15) is 0 Å². The number of aliphatic hydroxyl groups is 1. The molecule has 0 aromatic heterocycles. The van der Waals surface area contributed by atoms with Gasteiger partial charge in [0.15, 0.2) is 0 Å². The van der Waals surface area contributed by atoms with Gasteiger partial charge in [-0.1, -0.05) is 41.9 Å². The number of aryl methyl sites for hydroxylation is 3. The van der Waals surface area contributed by atoms with E-state index in [1.165, 1.54) is 24.0 Å². The number of fused-ring (bicyclic) bond motifs is 1. The van der Waals surface area contributed by atoms with Crippen molar-refractivity contribution in [3.8, 4) is 0 Å². The first kappa shape index (κ1) is 13.7. The van der Waals surface area contributed by atoms with Crippen LogP contribution < -0.4 is 0 Å². The average molecular weight is 287 g/mol. The largest absolute Gasteiger partial charge is 0.388 e. The van der Waals surface area contributed by atoms with Gasteiger partial charge in [0.2, 0.25) is 0 Å². The van der Waals surface area contributed by atoms with Crippen LogP contribution in [0.4, 0.5) is 0 Å². The fourth-order valence-electron chi connectivity index (χ4n) is 2.94. The van der Waals surface area contributed by atoms with Crippen molar-refractivity contribution in [2.75, 3.05) is 0 Å². The van der Waals surface area contributed by atoms with Crippen LogP contribution in [0.2, 0.25) is 5.02 Å². The highest BCUT2D eigenvalue weighted by Gasteiger charge is 2.15. The molecule has 0 amide bonds. The maximum absolute atomic E-state index is 10.4. The summed E-state index contributed by atoms with van der Waals surface area (Å²) in [6, 6.07) is 12.4. The number of benzene rings is 2. The molecular formula is C18H19ClO. The summed E-state index contributed by atoms with van der Waals surface area (Å²) in [6.45, 7) is 2.02. The van der Waals surface area contributed by atoms with Gasteiger partial charge in [-0.15, -0.1) is 0 Å². The van der Waals surface area contributed by atoms with Crippen LogP contribution in [0, 0.1) is 6.92 Å². The minimum absolute atomic E-state index is 0.485. The summed E-state index contributed by atoms with van der Waals surface area (Å²) in [5.41, 5.74) is 5.99. The highest BCUT2D eigenvalue weighted by Crippen LogP contribution is 2.28. The molecule has 1 N–H and O–H groups in total. The van der Waals surface area contributed by atoms with Crippen molar-refractivity contribution >= 4 is 11.6 Å². The summed E-state index contributed by atoms with van der Waals surface area (Å²) in [6.07, 6.45) is 3.63. The van der Waals surface area contributed by atoms with Gasteiger partial charge in [0.05, 0.1) is 6.10 Å². The molecule has 0 spiro atoms. The highest BCUT2D eigenvalue weighted by molar-refractivity contribution is 6.31. The monoisotopic (exact) mass is 286 g/mol. The third-order valence-corrected chi connectivity index (χ3v) is 4.48. The zero-order chi connectivity index (χ0) is 14.1. The maximum atomic E-state index is 10.4. The fraction of sp³-hybridized carbons (Fsp3) is 0.333. The van der Waals surface area contributed by atoms with Crippen LogP contribution in [-0.4, -0.2) is 5.11 Å². The van der Waals surface area contributed by atoms with Gasteiger partial charge >= 0.3 is 0 Å². The van der Waals surface area contributed by atoms with Crippen molar-refractivity contribution in [1.29, 1.82) is 0 Å². The number of hydrogen-bond donors (Lipinski definition) is 1. The Hall–Kier alpha value is -1.31. The molecule has 0 radical (unpaired) electrons. The first-order chi connectivity index (χ1) is 9.63. The van der Waals surface area contributed by atoms with Crippen molar-refractivity contribution in [2.45, 2.75) is 38.7 Å². The first-order valence-electron chi connectivity index (χ1n) is 7.18. The van der Waals surface area contributed by atoms with E-state index in [2.05, 4.69) is 18.2 Å². The Morgan fingerprint density at radius 2 is 1.90 bits per heavy atom. The number of hydrogen-bond acceptors (Lipinski definition) is 1. The van der Waals surface area contributed by atoms with Gasteiger partial charge in [0.25, 0.3) is 0 Å². The molecule has 1 aliphatic rings. The van der Waals surface area contributed by atoms with Crippen LogP contribution in [0.3, 0.4) is 0 Å². The van der Waals surface area contributed by atoms with E-state index in [-0.39, 0.29) is 0 Å². The van der Waals surface area contributed by atoms with Crippen molar-refractivity contribution in [3.05, 3.63) is 69.2 Å². The minimum Gasteiger partial charge on any atom is -0.388 e. The second kappa shape index (κ2) is 5.59. The summed E-state index contributed by atoms with van der Waals surface area (Å²) < 4.78 is 0. The Kier molecular flexibility index (Phi) is 3.82. The molecule has 0 bridgehead atoms. The molecule has 0 saturated heterocycles. The number of rotatable bonds is 3. The Morgan fingerprint density at radius 1 is 1.10 bits per heavy atom. The third-order valence-electron chi connectivity index (χ3n) is 4.13. The SMILES string of the molecule is Cc1ccc(CC(O)c2ccc3c(c2)CCC3)c(Cl)c1. The summed E-state index contributed by atoms with van der Waals surface area (Å²) in [5.74, 6) is 0. The smallest absolute Gasteiger partial charge is 0.0831 e. The van der Waals surface area contributed by atoms with Crippen LogP contribution in [-0.2, 0) is 19.3 Å². The zero-order valence-corrected chi connectivity index (χ0v) is 12.5. The van der Waals surface area contributed by atoms with Crippen LogP contribution in [0.5, 0.6) is 0 Å². The van der Waals surface area contributed by atoms with Gasteiger partial charge in [-0.25, -0.2) is 0 Å². The molecule has 1 atom stereocenters. The van der Waals surface area contributed by atoms with Crippen molar-refractivity contribution < 1.29 is 5.11 Å². The Balaban J connectivity index is 1.80. The minimum atomic E-state index is -0.485. The standard InChI is InChI=1S/C18H19ClO/c1-12-5-6-15(17(19)9-12)11-18(20)16-8-7-13-3-2-4-14(13)10-16/h5-10,18,20H,2-4,11H2,1H3. The second-order valence-electron chi connectivity index (χ2n) is 5.70. The number of halogens is 1. The van der Waals surface area contributed by atoms with E-state index in [1.54, 1.807) is 0 Å². The molecule has 0 saturated carbocycles. The van der Waals surface area contributed by atoms with E-state index >= 15 is 0 Å². The molecule has 2 aromatic rings. The third kappa shape index (κ3) is 2.74. The quantitative estimate of drug-likeness (QED) is 0.886. The summed E-state index contributed by atoms with van der Waals surface area (Å²) >= 11 is 6.24. The van der Waals surface area contributed by atoms with Crippen LogP contribution in [0.25, 0.3) is 0 Å². The van der Waals surface area contributed by atoms with E-state index in [0.29, 0.717) is 6.42 Å². The number of aliphatic hydroxyl groups excluding tert-OH is 1. The molecular weight excluding hydrogens is 268 g/mol. The predicted molar refractivity (Wildman–Crippen MR) is 83.3 cm³/mol. The van der Waals surface area contributed by atoms with Crippen LogP contribution in [0.1, 0.15) is 40.3 Å². The molecule has 0 aliphatic heterocycles. The molecule has 1 aliphatic carbocycles. The summed E-state index contributed by atoms with van der Waals surface area (Å²) in [4.78, 5) is 0. The molecule has 2 heteroatoms. The summed E-state index contributed by atoms with van der Waals surface area (Å²) in [7, 11) is 0. The molecule has 0 fully saturated rings. The lowest BCUT2D eigenvalue weighted by Crippen LogP contribution is -2.03. The molecule has 1 unspecified atom stereocenters. The van der Waals surface area contributed by atoms with Crippen LogP contribution >= 0.6 is 11.6 Å². The van der Waals surface area contributed by atoms with Crippen molar-refractivity contribution in [2.24, 2.45) is 0 Å². The lowest BCUT2D eigenvalue weighted by Gasteiger charge is -2.14. The van der Waals surface area contributed by atoms with E-state index in [4.69, 9.17) is 11.6 Å². The summed E-state index contributed by atoms with van der Waals surface area (Å²) in [5, 5.41) is 11.2.